The minimum atomic E-state index is -2.76. The molecule has 7 nitrogen and oxygen atoms in total. The summed E-state index contributed by atoms with van der Waals surface area (Å²) in [4.78, 5) is 22.7. The Hall–Kier alpha value is -3.33. The van der Waals surface area contributed by atoms with Crippen LogP contribution >= 0.6 is 11.6 Å². The van der Waals surface area contributed by atoms with Crippen molar-refractivity contribution in [3.63, 3.8) is 0 Å². The van der Waals surface area contributed by atoms with Gasteiger partial charge in [0.1, 0.15) is 12.0 Å². The van der Waals surface area contributed by atoms with Gasteiger partial charge in [0.05, 0.1) is 0 Å². The lowest BCUT2D eigenvalue weighted by atomic mass is 9.82. The van der Waals surface area contributed by atoms with E-state index in [1.807, 2.05) is 0 Å². The van der Waals surface area contributed by atoms with Crippen molar-refractivity contribution in [1.29, 1.82) is 0 Å². The van der Waals surface area contributed by atoms with Crippen LogP contribution in [-0.4, -0.2) is 34.0 Å². The van der Waals surface area contributed by atoms with E-state index in [4.69, 9.17) is 21.9 Å². The van der Waals surface area contributed by atoms with Gasteiger partial charge in [-0.1, -0.05) is 16.8 Å². The Morgan fingerprint density at radius 2 is 2.00 bits per heavy atom. The lowest BCUT2D eigenvalue weighted by Crippen LogP contribution is -2.41. The maximum atomic E-state index is 13.3. The van der Waals surface area contributed by atoms with Gasteiger partial charge >= 0.3 is 0 Å². The van der Waals surface area contributed by atoms with Crippen LogP contribution in [0.1, 0.15) is 23.1 Å². The number of carbonyl (C=O) groups excluding carboxylic acids is 1. The van der Waals surface area contributed by atoms with Crippen molar-refractivity contribution in [3.8, 4) is 11.3 Å². The molecule has 1 aromatic carbocycles. The Balaban J connectivity index is 1.99. The molecule has 1 unspecified atom stereocenters. The molecule has 0 aliphatic carbocycles. The molecule has 1 atom stereocenters. The molecule has 1 aliphatic rings. The van der Waals surface area contributed by atoms with Gasteiger partial charge in [-0.15, -0.1) is 0 Å². The first-order valence-corrected chi connectivity index (χ1v) is 8.79. The van der Waals surface area contributed by atoms with Crippen LogP contribution in [0.5, 0.6) is 0 Å². The molecule has 2 N–H and O–H groups in total. The second-order valence-electron chi connectivity index (χ2n) is 6.47. The largest absolute Gasteiger partial charge is 0.369 e. The van der Waals surface area contributed by atoms with E-state index in [1.54, 1.807) is 18.2 Å². The highest BCUT2D eigenvalue weighted by Gasteiger charge is 2.50. The number of nitrogens with two attached hydrogens (primary N) is 1. The molecule has 2 aromatic heterocycles. The first kappa shape index (κ1) is 19.0. The Labute approximate surface area is 168 Å². The van der Waals surface area contributed by atoms with Crippen molar-refractivity contribution in [1.82, 2.24) is 15.0 Å². The highest BCUT2D eigenvalue weighted by Crippen LogP contribution is 2.42. The van der Waals surface area contributed by atoms with Crippen LogP contribution in [0.4, 0.5) is 8.78 Å². The summed E-state index contributed by atoms with van der Waals surface area (Å²) < 4.78 is 31.5. The van der Waals surface area contributed by atoms with Crippen LogP contribution < -0.4 is 5.73 Å². The highest BCUT2D eigenvalue weighted by atomic mass is 35.5. The summed E-state index contributed by atoms with van der Waals surface area (Å²) in [6.07, 6.45) is 0.986. The van der Waals surface area contributed by atoms with Crippen LogP contribution in [0.2, 0.25) is 5.02 Å². The van der Waals surface area contributed by atoms with Gasteiger partial charge in [-0.2, -0.15) is 0 Å². The third-order valence-corrected chi connectivity index (χ3v) is 4.94. The molecular formula is C19H14ClF2N5O2. The van der Waals surface area contributed by atoms with Crippen molar-refractivity contribution in [2.24, 2.45) is 10.7 Å². The summed E-state index contributed by atoms with van der Waals surface area (Å²) in [5.74, 6) is -0.572. The van der Waals surface area contributed by atoms with E-state index in [0.717, 1.165) is 11.1 Å². The average molecular weight is 418 g/mol. The molecule has 29 heavy (non-hydrogen) atoms. The van der Waals surface area contributed by atoms with E-state index in [0.29, 0.717) is 21.8 Å². The second kappa shape index (κ2) is 6.93. The Morgan fingerprint density at radius 3 is 2.62 bits per heavy atom. The van der Waals surface area contributed by atoms with Gasteiger partial charge < -0.3 is 10.3 Å². The predicted octanol–water partition coefficient (Wildman–Crippen LogP) is 3.36. The smallest absolute Gasteiger partial charge is 0.266 e. The minimum absolute atomic E-state index is 0.0552. The standard InChI is InChI=1S/C19H14ClF2N5O2/c1-27-17(28)19(25-18(27)23,13-5-11(16(21)22)8-24-9-13)12-4-10(6-14(20)7-12)15-2-3-29-26-15/h2-9,16H,1H3,(H2,23,25). The van der Waals surface area contributed by atoms with Gasteiger partial charge in [-0.05, 0) is 29.8 Å². The third-order valence-electron chi connectivity index (χ3n) is 4.72. The van der Waals surface area contributed by atoms with Crippen LogP contribution in [-0.2, 0) is 10.3 Å². The SMILES string of the molecule is CN1C(=O)C(c2cc(Cl)cc(-c3ccon3)c2)(c2cncc(C(F)F)c2)N=C1N. The molecule has 0 saturated carbocycles. The van der Waals surface area contributed by atoms with E-state index in [2.05, 4.69) is 15.1 Å². The highest BCUT2D eigenvalue weighted by molar-refractivity contribution is 6.31. The number of amides is 1. The topological polar surface area (TPSA) is 97.6 Å². The summed E-state index contributed by atoms with van der Waals surface area (Å²) in [5.41, 5.74) is 5.41. The first-order valence-electron chi connectivity index (χ1n) is 8.42. The summed E-state index contributed by atoms with van der Waals surface area (Å²) in [5, 5.41) is 4.18. The number of aliphatic imine (C=N–C) groups is 1. The van der Waals surface area contributed by atoms with Crippen LogP contribution in [0.15, 0.2) is 58.5 Å². The molecule has 0 fully saturated rings. The lowest BCUT2D eigenvalue weighted by Gasteiger charge is -2.26. The number of alkyl halides is 2. The number of guanidine groups is 1. The molecule has 1 amide bonds. The average Bonchev–Trinajstić information content (AvgIpc) is 3.32. The number of aromatic nitrogens is 2. The molecule has 10 heteroatoms. The fourth-order valence-electron chi connectivity index (χ4n) is 3.27. The lowest BCUT2D eigenvalue weighted by molar-refractivity contribution is -0.129. The van der Waals surface area contributed by atoms with E-state index < -0.39 is 17.9 Å². The van der Waals surface area contributed by atoms with Crippen LogP contribution in [0, 0.1) is 0 Å². The van der Waals surface area contributed by atoms with E-state index in [1.165, 1.54) is 31.6 Å². The first-order chi connectivity index (χ1) is 13.8. The quantitative estimate of drug-likeness (QED) is 0.702. The van der Waals surface area contributed by atoms with Crippen LogP contribution in [0.3, 0.4) is 0 Å². The Kier molecular flexibility index (Phi) is 4.54. The number of carbonyl (C=O) groups is 1. The molecule has 1 aliphatic heterocycles. The zero-order valence-corrected chi connectivity index (χ0v) is 15.8. The van der Waals surface area contributed by atoms with Crippen molar-refractivity contribution >= 4 is 23.5 Å². The summed E-state index contributed by atoms with van der Waals surface area (Å²) in [6.45, 7) is 0. The number of pyridine rings is 1. The van der Waals surface area contributed by atoms with Crippen LogP contribution in [0.25, 0.3) is 11.3 Å². The summed E-state index contributed by atoms with van der Waals surface area (Å²) >= 11 is 6.30. The molecule has 3 aromatic rings. The van der Waals surface area contributed by atoms with Gasteiger partial charge in [0.2, 0.25) is 0 Å². The molecule has 0 radical (unpaired) electrons. The summed E-state index contributed by atoms with van der Waals surface area (Å²) in [6, 6.07) is 7.64. The van der Waals surface area contributed by atoms with Gasteiger partial charge in [0, 0.05) is 47.2 Å². The molecule has 148 valence electrons. The fourth-order valence-corrected chi connectivity index (χ4v) is 3.50. The number of benzene rings is 1. The van der Waals surface area contributed by atoms with Crippen molar-refractivity contribution in [2.75, 3.05) is 7.05 Å². The van der Waals surface area contributed by atoms with E-state index in [-0.39, 0.29) is 17.1 Å². The minimum Gasteiger partial charge on any atom is -0.369 e. The zero-order chi connectivity index (χ0) is 20.8. The van der Waals surface area contributed by atoms with Crippen molar-refractivity contribution < 1.29 is 18.1 Å². The molecule has 4 rings (SSSR count). The van der Waals surface area contributed by atoms with Crippen molar-refractivity contribution in [3.05, 3.63) is 70.7 Å². The number of likely N-dealkylation sites (N-methyl/N-ethyl adjacent to an activating group) is 1. The van der Waals surface area contributed by atoms with Crippen molar-refractivity contribution in [2.45, 2.75) is 12.0 Å². The summed E-state index contributed by atoms with van der Waals surface area (Å²) in [7, 11) is 1.45. The molecule has 0 spiro atoms. The Morgan fingerprint density at radius 1 is 1.21 bits per heavy atom. The zero-order valence-electron chi connectivity index (χ0n) is 15.0. The van der Waals surface area contributed by atoms with Gasteiger partial charge in [0.25, 0.3) is 12.3 Å². The molecule has 0 saturated heterocycles. The molecule has 0 bridgehead atoms. The number of hydrogen-bond donors (Lipinski definition) is 1. The maximum absolute atomic E-state index is 13.3. The molecule has 3 heterocycles. The van der Waals surface area contributed by atoms with Gasteiger partial charge in [-0.25, -0.2) is 13.8 Å². The Bertz CT molecular complexity index is 1120. The number of rotatable bonds is 4. The number of halogens is 3. The van der Waals surface area contributed by atoms with Gasteiger partial charge in [0.15, 0.2) is 11.5 Å². The number of hydrogen-bond acceptors (Lipinski definition) is 6. The number of nitrogens with zero attached hydrogens (tertiary/aromatic N) is 4. The second-order valence-corrected chi connectivity index (χ2v) is 6.90. The monoisotopic (exact) mass is 417 g/mol. The fraction of sp³-hybridized carbons (Fsp3) is 0.158. The normalized spacial score (nSPS) is 19.1. The third kappa shape index (κ3) is 3.03. The predicted molar refractivity (Wildman–Crippen MR) is 101 cm³/mol. The maximum Gasteiger partial charge on any atom is 0.266 e. The molecular weight excluding hydrogens is 404 g/mol. The van der Waals surface area contributed by atoms with Gasteiger partial charge in [-0.3, -0.25) is 14.7 Å². The van der Waals surface area contributed by atoms with E-state index in [9.17, 15) is 13.6 Å². The van der Waals surface area contributed by atoms with E-state index >= 15 is 0 Å².